The summed E-state index contributed by atoms with van der Waals surface area (Å²) >= 11 is 5.30. The van der Waals surface area contributed by atoms with Crippen LogP contribution in [0.4, 0.5) is 0 Å². The Balaban J connectivity index is 1.99. The van der Waals surface area contributed by atoms with Gasteiger partial charge in [-0.1, -0.05) is 29.8 Å². The van der Waals surface area contributed by atoms with Crippen LogP contribution < -0.4 is 10.6 Å². The number of benzene rings is 1. The molecule has 1 aliphatic heterocycles. The predicted molar refractivity (Wildman–Crippen MR) is 110 cm³/mol. The molecule has 7 nitrogen and oxygen atoms in total. The number of amides is 2. The molecule has 0 radical (unpaired) electrons. The van der Waals surface area contributed by atoms with Crippen LogP contribution in [0.3, 0.4) is 0 Å². The van der Waals surface area contributed by atoms with E-state index >= 15 is 0 Å². The Morgan fingerprint density at radius 1 is 1.36 bits per heavy atom. The second-order valence-electron chi connectivity index (χ2n) is 6.78. The zero-order valence-electron chi connectivity index (χ0n) is 16.2. The van der Waals surface area contributed by atoms with Gasteiger partial charge in [0.05, 0.1) is 12.5 Å². The second-order valence-corrected chi connectivity index (χ2v) is 7.17. The summed E-state index contributed by atoms with van der Waals surface area (Å²) < 4.78 is 5.12. The molecule has 8 heteroatoms. The third-order valence-electron chi connectivity index (χ3n) is 4.05. The summed E-state index contributed by atoms with van der Waals surface area (Å²) in [5.41, 5.74) is 2.02. The molecular weight excluding hydrogens is 378 g/mol. The summed E-state index contributed by atoms with van der Waals surface area (Å²) in [6.07, 6.45) is 2.64. The van der Waals surface area contributed by atoms with Gasteiger partial charge in [0, 0.05) is 19.2 Å². The van der Waals surface area contributed by atoms with Crippen LogP contribution in [0.25, 0.3) is 6.08 Å². The van der Waals surface area contributed by atoms with Gasteiger partial charge in [0.1, 0.15) is 6.04 Å². The molecule has 2 N–H and O–H groups in total. The molecule has 0 saturated carbocycles. The van der Waals surface area contributed by atoms with E-state index in [2.05, 4.69) is 10.6 Å². The lowest BCUT2D eigenvalue weighted by atomic mass is 10.1. The molecule has 1 aliphatic rings. The highest BCUT2D eigenvalue weighted by molar-refractivity contribution is 7.80. The van der Waals surface area contributed by atoms with Gasteiger partial charge in [-0.2, -0.15) is 0 Å². The van der Waals surface area contributed by atoms with Gasteiger partial charge in [0.15, 0.2) is 5.11 Å². The summed E-state index contributed by atoms with van der Waals surface area (Å²) in [7, 11) is 0. The zero-order valence-corrected chi connectivity index (χ0v) is 17.0. The number of hydrogen-bond acceptors (Lipinski definition) is 5. The fraction of sp³-hybridized carbons (Fsp3) is 0.400. The Kier molecular flexibility index (Phi) is 7.69. The number of piperazine rings is 1. The topological polar surface area (TPSA) is 87.7 Å². The number of aryl methyl sites for hydroxylation is 1. The average molecular weight is 404 g/mol. The Bertz CT molecular complexity index is 774. The number of carbonyl (C=O) groups is 3. The van der Waals surface area contributed by atoms with Gasteiger partial charge in [0.2, 0.25) is 11.8 Å². The third kappa shape index (κ3) is 6.45. The van der Waals surface area contributed by atoms with E-state index in [1.807, 2.05) is 31.2 Å². The van der Waals surface area contributed by atoms with Gasteiger partial charge in [-0.3, -0.25) is 19.7 Å². The van der Waals surface area contributed by atoms with Crippen molar-refractivity contribution in [1.82, 2.24) is 15.5 Å². The van der Waals surface area contributed by atoms with E-state index in [9.17, 15) is 14.4 Å². The van der Waals surface area contributed by atoms with E-state index < -0.39 is 17.9 Å². The van der Waals surface area contributed by atoms with E-state index in [4.69, 9.17) is 17.0 Å². The summed E-state index contributed by atoms with van der Waals surface area (Å²) in [6.45, 7) is 6.24. The molecule has 1 heterocycles. The molecule has 1 unspecified atom stereocenters. The SMILES string of the molecule is Cc1ccc(C=CC(=O)NC(=S)N2CCNC(=O)C2CC(=O)OC(C)C)cc1. The van der Waals surface area contributed by atoms with Crippen LogP contribution in [0.1, 0.15) is 31.4 Å². The maximum atomic E-state index is 12.2. The fourth-order valence-electron chi connectivity index (χ4n) is 2.70. The minimum Gasteiger partial charge on any atom is -0.463 e. The number of carbonyl (C=O) groups excluding carboxylic acids is 3. The molecule has 28 heavy (non-hydrogen) atoms. The highest BCUT2D eigenvalue weighted by atomic mass is 32.1. The zero-order chi connectivity index (χ0) is 20.7. The summed E-state index contributed by atoms with van der Waals surface area (Å²) in [6, 6.07) is 6.91. The first-order valence-electron chi connectivity index (χ1n) is 9.10. The first kappa shape index (κ1) is 21.6. The number of esters is 1. The molecule has 0 aromatic heterocycles. The van der Waals surface area contributed by atoms with Crippen LogP contribution in [0, 0.1) is 6.92 Å². The largest absolute Gasteiger partial charge is 0.463 e. The molecular formula is C20H25N3O4S. The number of ether oxygens (including phenoxy) is 1. The van der Waals surface area contributed by atoms with Crippen molar-refractivity contribution in [1.29, 1.82) is 0 Å². The minimum absolute atomic E-state index is 0.107. The van der Waals surface area contributed by atoms with Crippen molar-refractivity contribution < 1.29 is 19.1 Å². The van der Waals surface area contributed by atoms with Crippen LogP contribution >= 0.6 is 12.2 Å². The molecule has 2 rings (SSSR count). The maximum Gasteiger partial charge on any atom is 0.308 e. The lowest BCUT2D eigenvalue weighted by Crippen LogP contribution is -2.60. The highest BCUT2D eigenvalue weighted by Crippen LogP contribution is 2.11. The van der Waals surface area contributed by atoms with Crippen molar-refractivity contribution in [2.24, 2.45) is 0 Å². The Labute approximate surface area is 170 Å². The molecule has 0 aliphatic carbocycles. The third-order valence-corrected chi connectivity index (χ3v) is 4.39. The number of thiocarbonyl (C=S) groups is 1. The molecule has 1 saturated heterocycles. The monoisotopic (exact) mass is 403 g/mol. The lowest BCUT2D eigenvalue weighted by molar-refractivity contribution is -0.150. The molecule has 2 amide bonds. The predicted octanol–water partition coefficient (Wildman–Crippen LogP) is 1.55. The molecule has 1 aromatic carbocycles. The summed E-state index contributed by atoms with van der Waals surface area (Å²) in [5, 5.41) is 5.41. The van der Waals surface area contributed by atoms with E-state index in [0.717, 1.165) is 11.1 Å². The molecule has 150 valence electrons. The average Bonchev–Trinajstić information content (AvgIpc) is 2.62. The van der Waals surface area contributed by atoms with Gasteiger partial charge < -0.3 is 15.0 Å². The molecule has 1 atom stereocenters. The minimum atomic E-state index is -0.811. The van der Waals surface area contributed by atoms with Gasteiger partial charge >= 0.3 is 5.97 Å². The number of nitrogens with zero attached hydrogens (tertiary/aromatic N) is 1. The normalized spacial score (nSPS) is 16.8. The Morgan fingerprint density at radius 2 is 2.04 bits per heavy atom. The van der Waals surface area contributed by atoms with Gasteiger partial charge in [-0.15, -0.1) is 0 Å². The highest BCUT2D eigenvalue weighted by Gasteiger charge is 2.34. The van der Waals surface area contributed by atoms with E-state index in [0.29, 0.717) is 13.1 Å². The number of hydrogen-bond donors (Lipinski definition) is 2. The molecule has 0 spiro atoms. The van der Waals surface area contributed by atoms with Crippen molar-refractivity contribution >= 4 is 41.2 Å². The summed E-state index contributed by atoms with van der Waals surface area (Å²) in [5.74, 6) is -1.21. The first-order valence-corrected chi connectivity index (χ1v) is 9.50. The van der Waals surface area contributed by atoms with Gasteiger partial charge in [-0.25, -0.2) is 0 Å². The lowest BCUT2D eigenvalue weighted by Gasteiger charge is -2.36. The van der Waals surface area contributed by atoms with E-state index in [1.165, 1.54) is 6.08 Å². The van der Waals surface area contributed by atoms with Gasteiger partial charge in [-0.05, 0) is 44.6 Å². The van der Waals surface area contributed by atoms with Crippen molar-refractivity contribution in [2.45, 2.75) is 39.3 Å². The number of rotatable bonds is 5. The first-order chi connectivity index (χ1) is 13.3. The van der Waals surface area contributed by atoms with Gasteiger partial charge in [0.25, 0.3) is 0 Å². The van der Waals surface area contributed by atoms with Crippen LogP contribution in [0.5, 0.6) is 0 Å². The maximum absolute atomic E-state index is 12.2. The molecule has 1 aromatic rings. The van der Waals surface area contributed by atoms with Crippen LogP contribution in [-0.2, 0) is 19.1 Å². The van der Waals surface area contributed by atoms with Crippen LogP contribution in [0.15, 0.2) is 30.3 Å². The quantitative estimate of drug-likeness (QED) is 0.441. The second kappa shape index (κ2) is 9.98. The molecule has 1 fully saturated rings. The number of nitrogens with one attached hydrogen (secondary N) is 2. The van der Waals surface area contributed by atoms with Crippen molar-refractivity contribution in [2.75, 3.05) is 13.1 Å². The van der Waals surface area contributed by atoms with Crippen molar-refractivity contribution in [3.63, 3.8) is 0 Å². The van der Waals surface area contributed by atoms with E-state index in [-0.39, 0.29) is 23.5 Å². The van der Waals surface area contributed by atoms with Crippen LogP contribution in [0.2, 0.25) is 0 Å². The standard InChI is InChI=1S/C20H25N3O4S/c1-13(2)27-18(25)12-16-19(26)21-10-11-23(16)20(28)22-17(24)9-8-15-6-4-14(3)5-7-15/h4-9,13,16H,10-12H2,1-3H3,(H,21,26)(H,22,24,28). The summed E-state index contributed by atoms with van der Waals surface area (Å²) in [4.78, 5) is 37.9. The smallest absolute Gasteiger partial charge is 0.308 e. The molecule has 0 bridgehead atoms. The van der Waals surface area contributed by atoms with E-state index in [1.54, 1.807) is 24.8 Å². The fourth-order valence-corrected chi connectivity index (χ4v) is 3.02. The van der Waals surface area contributed by atoms with Crippen molar-refractivity contribution in [3.8, 4) is 0 Å². The van der Waals surface area contributed by atoms with Crippen molar-refractivity contribution in [3.05, 3.63) is 41.5 Å². The Hall–Kier alpha value is -2.74. The Morgan fingerprint density at radius 3 is 2.68 bits per heavy atom. The van der Waals surface area contributed by atoms with Crippen LogP contribution in [-0.4, -0.2) is 53.0 Å².